The average molecular weight is 437 g/mol. The molecule has 1 aliphatic heterocycles. The highest BCUT2D eigenvalue weighted by atomic mass is 35.5. The summed E-state index contributed by atoms with van der Waals surface area (Å²) < 4.78 is 33.3. The van der Waals surface area contributed by atoms with E-state index in [9.17, 15) is 13.2 Å². The summed E-state index contributed by atoms with van der Waals surface area (Å²) >= 11 is 6.25. The Balaban J connectivity index is 1.89. The maximum Gasteiger partial charge on any atom is 0.243 e. The second-order valence-corrected chi connectivity index (χ2v) is 9.20. The Morgan fingerprint density at radius 1 is 1.10 bits per heavy atom. The van der Waals surface area contributed by atoms with Gasteiger partial charge in [0.15, 0.2) is 0 Å². The summed E-state index contributed by atoms with van der Waals surface area (Å²) in [5.74, 6) is 0.404. The number of rotatable bonds is 8. The smallest absolute Gasteiger partial charge is 0.243 e. The highest BCUT2D eigenvalue weighted by Gasteiger charge is 2.30. The number of carbonyl (C=O) groups excluding carboxylic acids is 1. The van der Waals surface area contributed by atoms with Crippen LogP contribution >= 0.6 is 11.6 Å². The number of benzene rings is 2. The summed E-state index contributed by atoms with van der Waals surface area (Å²) in [7, 11) is -3.90. The predicted molar refractivity (Wildman–Crippen MR) is 112 cm³/mol. The van der Waals surface area contributed by atoms with Crippen LogP contribution in [0.2, 0.25) is 5.02 Å². The lowest BCUT2D eigenvalue weighted by atomic mass is 10.2. The van der Waals surface area contributed by atoms with Gasteiger partial charge in [-0.2, -0.15) is 4.31 Å². The van der Waals surface area contributed by atoms with Crippen LogP contribution in [-0.2, 0) is 21.4 Å². The number of hydrogen-bond acceptors (Lipinski definition) is 4. The van der Waals surface area contributed by atoms with Crippen molar-refractivity contribution in [2.24, 2.45) is 0 Å². The van der Waals surface area contributed by atoms with Crippen molar-refractivity contribution in [1.82, 2.24) is 9.21 Å². The molecule has 0 radical (unpaired) electrons. The maximum absolute atomic E-state index is 13.3. The molecule has 0 spiro atoms. The lowest BCUT2D eigenvalue weighted by Gasteiger charge is -2.25. The molecular weight excluding hydrogens is 412 g/mol. The molecule has 0 unspecified atom stereocenters. The molecule has 1 amide bonds. The van der Waals surface area contributed by atoms with E-state index in [1.54, 1.807) is 41.3 Å². The molecule has 0 atom stereocenters. The summed E-state index contributed by atoms with van der Waals surface area (Å²) in [5, 5.41) is 0.466. The first-order valence-electron chi connectivity index (χ1n) is 9.66. The van der Waals surface area contributed by atoms with Crippen LogP contribution in [0.25, 0.3) is 0 Å². The molecular formula is C21H25ClN2O4S. The third kappa shape index (κ3) is 5.29. The molecule has 8 heteroatoms. The minimum Gasteiger partial charge on any atom is -0.494 e. The molecule has 1 aliphatic rings. The van der Waals surface area contributed by atoms with Gasteiger partial charge in [-0.1, -0.05) is 29.8 Å². The molecule has 1 fully saturated rings. The van der Waals surface area contributed by atoms with Gasteiger partial charge >= 0.3 is 0 Å². The van der Waals surface area contributed by atoms with Crippen molar-refractivity contribution < 1.29 is 17.9 Å². The normalized spacial score (nSPS) is 14.4. The van der Waals surface area contributed by atoms with Crippen LogP contribution in [0.1, 0.15) is 25.3 Å². The van der Waals surface area contributed by atoms with Gasteiger partial charge in [0, 0.05) is 24.7 Å². The van der Waals surface area contributed by atoms with Crippen LogP contribution in [0, 0.1) is 0 Å². The molecule has 6 nitrogen and oxygen atoms in total. The fraction of sp³-hybridized carbons (Fsp3) is 0.381. The van der Waals surface area contributed by atoms with Crippen molar-refractivity contribution in [3.63, 3.8) is 0 Å². The molecule has 0 bridgehead atoms. The SMILES string of the molecule is CCOc1ccc(S(=O)(=O)N(CC(=O)N2CCCC2)Cc2ccccc2Cl)cc1. The monoisotopic (exact) mass is 436 g/mol. The topological polar surface area (TPSA) is 66.9 Å². The van der Waals surface area contributed by atoms with E-state index in [2.05, 4.69) is 0 Å². The van der Waals surface area contributed by atoms with Crippen LogP contribution < -0.4 is 4.74 Å². The second-order valence-electron chi connectivity index (χ2n) is 6.86. The van der Waals surface area contributed by atoms with Crippen LogP contribution in [0.4, 0.5) is 0 Å². The third-order valence-electron chi connectivity index (χ3n) is 4.85. The minimum absolute atomic E-state index is 0.0226. The fourth-order valence-electron chi connectivity index (χ4n) is 3.28. The van der Waals surface area contributed by atoms with E-state index in [-0.39, 0.29) is 23.9 Å². The van der Waals surface area contributed by atoms with Gasteiger partial charge in [0.1, 0.15) is 5.75 Å². The Labute approximate surface area is 177 Å². The number of amides is 1. The van der Waals surface area contributed by atoms with Gasteiger partial charge in [-0.15, -0.1) is 0 Å². The van der Waals surface area contributed by atoms with Crippen molar-refractivity contribution in [2.45, 2.75) is 31.2 Å². The Morgan fingerprint density at radius 3 is 2.38 bits per heavy atom. The number of carbonyl (C=O) groups is 1. The van der Waals surface area contributed by atoms with Crippen molar-refractivity contribution in [1.29, 1.82) is 0 Å². The van der Waals surface area contributed by atoms with Crippen molar-refractivity contribution in [3.8, 4) is 5.75 Å². The standard InChI is InChI=1S/C21H25ClN2O4S/c1-2-28-18-9-11-19(12-10-18)29(26,27)24(15-17-7-3-4-8-20(17)22)16-21(25)23-13-5-6-14-23/h3-4,7-12H,2,5-6,13-16H2,1H3. The molecule has 2 aromatic rings. The van der Waals surface area contributed by atoms with Gasteiger partial charge in [-0.05, 0) is 55.7 Å². The molecule has 3 rings (SSSR count). The predicted octanol–water partition coefficient (Wildman–Crippen LogP) is 3.55. The van der Waals surface area contributed by atoms with E-state index < -0.39 is 10.0 Å². The number of ether oxygens (including phenoxy) is 1. The lowest BCUT2D eigenvalue weighted by Crippen LogP contribution is -2.41. The van der Waals surface area contributed by atoms with Gasteiger partial charge < -0.3 is 9.64 Å². The number of halogens is 1. The molecule has 0 aromatic heterocycles. The summed E-state index contributed by atoms with van der Waals surface area (Å²) in [6, 6.07) is 13.3. The number of sulfonamides is 1. The van der Waals surface area contributed by atoms with Crippen molar-refractivity contribution in [3.05, 3.63) is 59.1 Å². The Kier molecular flexibility index (Phi) is 7.16. The number of likely N-dealkylation sites (tertiary alicyclic amines) is 1. The molecule has 2 aromatic carbocycles. The van der Waals surface area contributed by atoms with Crippen molar-refractivity contribution >= 4 is 27.5 Å². The first kappa shape index (κ1) is 21.6. The Hall–Kier alpha value is -2.09. The Morgan fingerprint density at radius 2 is 1.76 bits per heavy atom. The van der Waals surface area contributed by atoms with Gasteiger partial charge in [0.05, 0.1) is 18.0 Å². The quantitative estimate of drug-likeness (QED) is 0.634. The summed E-state index contributed by atoms with van der Waals surface area (Å²) in [6.45, 7) is 3.49. The van der Waals surface area contributed by atoms with E-state index >= 15 is 0 Å². The molecule has 1 heterocycles. The lowest BCUT2D eigenvalue weighted by molar-refractivity contribution is -0.130. The van der Waals surface area contributed by atoms with Crippen LogP contribution in [-0.4, -0.2) is 49.8 Å². The van der Waals surface area contributed by atoms with Crippen molar-refractivity contribution in [2.75, 3.05) is 26.2 Å². The third-order valence-corrected chi connectivity index (χ3v) is 7.02. The maximum atomic E-state index is 13.3. The van der Waals surface area contributed by atoms with Gasteiger partial charge in [0.2, 0.25) is 15.9 Å². The zero-order chi connectivity index (χ0) is 20.9. The molecule has 0 aliphatic carbocycles. The zero-order valence-corrected chi connectivity index (χ0v) is 18.0. The molecule has 156 valence electrons. The first-order chi connectivity index (χ1) is 13.9. The van der Waals surface area contributed by atoms with E-state index in [0.29, 0.717) is 36.0 Å². The van der Waals surface area contributed by atoms with E-state index in [1.165, 1.54) is 16.4 Å². The molecule has 0 N–H and O–H groups in total. The average Bonchev–Trinajstić information content (AvgIpc) is 3.25. The summed E-state index contributed by atoms with van der Waals surface area (Å²) in [6.07, 6.45) is 1.89. The second kappa shape index (κ2) is 9.61. The van der Waals surface area contributed by atoms with E-state index in [1.807, 2.05) is 6.92 Å². The highest BCUT2D eigenvalue weighted by molar-refractivity contribution is 7.89. The first-order valence-corrected chi connectivity index (χ1v) is 11.5. The van der Waals surface area contributed by atoms with Gasteiger partial charge in [-0.3, -0.25) is 4.79 Å². The molecule has 1 saturated heterocycles. The zero-order valence-electron chi connectivity index (χ0n) is 16.4. The summed E-state index contributed by atoms with van der Waals surface area (Å²) in [5.41, 5.74) is 0.651. The van der Waals surface area contributed by atoms with Gasteiger partial charge in [0.25, 0.3) is 0 Å². The van der Waals surface area contributed by atoms with Crippen LogP contribution in [0.3, 0.4) is 0 Å². The van der Waals surface area contributed by atoms with Crippen LogP contribution in [0.15, 0.2) is 53.4 Å². The molecule has 0 saturated carbocycles. The fourth-order valence-corrected chi connectivity index (χ4v) is 4.85. The summed E-state index contributed by atoms with van der Waals surface area (Å²) in [4.78, 5) is 14.5. The van der Waals surface area contributed by atoms with E-state index in [4.69, 9.17) is 16.3 Å². The Bertz CT molecular complexity index is 941. The number of hydrogen-bond donors (Lipinski definition) is 0. The highest BCUT2D eigenvalue weighted by Crippen LogP contribution is 2.24. The molecule has 29 heavy (non-hydrogen) atoms. The number of nitrogens with zero attached hydrogens (tertiary/aromatic N) is 2. The minimum atomic E-state index is -3.90. The van der Waals surface area contributed by atoms with E-state index in [0.717, 1.165) is 12.8 Å². The van der Waals surface area contributed by atoms with Gasteiger partial charge in [-0.25, -0.2) is 8.42 Å². The largest absolute Gasteiger partial charge is 0.494 e. The van der Waals surface area contributed by atoms with Crippen LogP contribution in [0.5, 0.6) is 5.75 Å².